The molecule has 1 amide bonds. The van der Waals surface area contributed by atoms with E-state index in [2.05, 4.69) is 45.2 Å². The van der Waals surface area contributed by atoms with Gasteiger partial charge in [-0.2, -0.15) is 0 Å². The Bertz CT molecular complexity index is 946. The molecule has 1 saturated heterocycles. The highest BCUT2D eigenvalue weighted by Crippen LogP contribution is 2.39. The number of hydrogen-bond acceptors (Lipinski definition) is 5. The number of aliphatic carboxylic acids is 1. The average molecular weight is 694 g/mol. The maximum Gasteiger partial charge on any atom is 0.341 e. The highest BCUT2D eigenvalue weighted by atomic mass is 127. The summed E-state index contributed by atoms with van der Waals surface area (Å²) in [6, 6.07) is 4.44. The molecule has 178 valence electrons. The normalized spacial score (nSPS) is 23.0. The predicted molar refractivity (Wildman–Crippen MR) is 149 cm³/mol. The number of halogens is 2. The molecule has 4 rings (SSSR count). The van der Waals surface area contributed by atoms with E-state index >= 15 is 0 Å². The van der Waals surface area contributed by atoms with E-state index in [0.717, 1.165) is 43.6 Å². The van der Waals surface area contributed by atoms with E-state index < -0.39 is 5.97 Å². The highest BCUT2D eigenvalue weighted by molar-refractivity contribution is 14.1. The minimum atomic E-state index is -1.01. The summed E-state index contributed by atoms with van der Waals surface area (Å²) in [4.78, 5) is 32.2. The molecule has 0 spiro atoms. The van der Waals surface area contributed by atoms with Gasteiger partial charge in [0.15, 0.2) is 11.8 Å². The van der Waals surface area contributed by atoms with Gasteiger partial charge in [-0.25, -0.2) is 4.79 Å². The summed E-state index contributed by atoms with van der Waals surface area (Å²) in [5.41, 5.74) is 0.907. The maximum atomic E-state index is 13.5. The zero-order valence-corrected chi connectivity index (χ0v) is 23.5. The van der Waals surface area contributed by atoms with Crippen LogP contribution in [0.4, 0.5) is 0 Å². The van der Waals surface area contributed by atoms with Crippen LogP contribution in [0.5, 0.6) is 5.75 Å². The van der Waals surface area contributed by atoms with Crippen molar-refractivity contribution in [2.45, 2.75) is 76.3 Å². The molecule has 6 nitrogen and oxygen atoms in total. The van der Waals surface area contributed by atoms with Crippen molar-refractivity contribution in [1.29, 1.82) is 0 Å². The van der Waals surface area contributed by atoms with Gasteiger partial charge in [-0.05, 0) is 106 Å². The third-order valence-electron chi connectivity index (χ3n) is 6.30. The van der Waals surface area contributed by atoms with E-state index in [0.29, 0.717) is 16.7 Å². The third kappa shape index (κ3) is 6.45. The Hall–Kier alpha value is -0.820. The number of amides is 1. The number of benzene rings is 1. The van der Waals surface area contributed by atoms with Gasteiger partial charge < -0.3 is 9.84 Å². The second-order valence-corrected chi connectivity index (χ2v) is 12.1. The molecule has 33 heavy (non-hydrogen) atoms. The predicted octanol–water partition coefficient (Wildman–Crippen LogP) is 6.30. The van der Waals surface area contributed by atoms with Crippen molar-refractivity contribution in [2.24, 2.45) is 4.99 Å². The summed E-state index contributed by atoms with van der Waals surface area (Å²) in [5.74, 6) is -0.374. The molecule has 1 aromatic rings. The van der Waals surface area contributed by atoms with E-state index in [1.165, 1.54) is 50.3 Å². The van der Waals surface area contributed by atoms with Gasteiger partial charge in [0.2, 0.25) is 0 Å². The van der Waals surface area contributed by atoms with Crippen LogP contribution in [0.15, 0.2) is 22.0 Å². The van der Waals surface area contributed by atoms with Crippen molar-refractivity contribution in [3.8, 4) is 5.75 Å². The molecular formula is C24H28I2N2O4S. The van der Waals surface area contributed by atoms with Crippen LogP contribution in [-0.4, -0.2) is 45.7 Å². The van der Waals surface area contributed by atoms with E-state index in [4.69, 9.17) is 14.8 Å². The SMILES string of the molecule is O=C(O)COc1c(I)cc(C=C2SC(=NC3CCCCC3)N(C3CCCCC3)C2=O)cc1I. The van der Waals surface area contributed by atoms with Gasteiger partial charge in [-0.1, -0.05) is 38.5 Å². The number of rotatable bonds is 6. The van der Waals surface area contributed by atoms with Crippen LogP contribution in [-0.2, 0) is 9.59 Å². The number of carboxylic acid groups (broad SMARTS) is 1. The fourth-order valence-electron chi connectivity index (χ4n) is 4.69. The first-order valence-electron chi connectivity index (χ1n) is 11.6. The maximum absolute atomic E-state index is 13.5. The Balaban J connectivity index is 1.61. The first kappa shape index (κ1) is 25.3. The number of carbonyl (C=O) groups is 2. The molecule has 1 heterocycles. The smallest absolute Gasteiger partial charge is 0.341 e. The zero-order chi connectivity index (χ0) is 23.4. The zero-order valence-electron chi connectivity index (χ0n) is 18.4. The molecule has 1 aromatic carbocycles. The molecule has 0 aromatic heterocycles. The molecule has 2 saturated carbocycles. The number of aliphatic imine (C=N–C) groups is 1. The average Bonchev–Trinajstić information content (AvgIpc) is 3.08. The number of carbonyl (C=O) groups excluding carboxylic acids is 1. The Morgan fingerprint density at radius 2 is 1.70 bits per heavy atom. The van der Waals surface area contributed by atoms with Crippen molar-refractivity contribution < 1.29 is 19.4 Å². The minimum Gasteiger partial charge on any atom is -0.480 e. The standard InChI is InChI=1S/C24H28I2N2O4S/c25-18-11-15(12-19(26)22(18)32-14-21(29)30)13-20-23(31)28(17-9-5-2-6-10-17)24(33-20)27-16-7-3-1-4-8-16/h11-13,16-17H,1-10,14H2,(H,29,30). The fourth-order valence-corrected chi connectivity index (χ4v) is 7.93. The van der Waals surface area contributed by atoms with E-state index in [-0.39, 0.29) is 18.6 Å². The molecule has 3 aliphatic rings. The van der Waals surface area contributed by atoms with Gasteiger partial charge >= 0.3 is 5.97 Å². The molecule has 2 aliphatic carbocycles. The summed E-state index contributed by atoms with van der Waals surface area (Å²) < 4.78 is 7.08. The Labute approximate surface area is 226 Å². The second-order valence-electron chi connectivity index (χ2n) is 8.78. The van der Waals surface area contributed by atoms with Gasteiger partial charge in [0.05, 0.1) is 18.1 Å². The van der Waals surface area contributed by atoms with Crippen LogP contribution >= 0.6 is 56.9 Å². The molecule has 9 heteroatoms. The van der Waals surface area contributed by atoms with Crippen molar-refractivity contribution in [2.75, 3.05) is 6.61 Å². The molecule has 3 fully saturated rings. The number of nitrogens with zero attached hydrogens (tertiary/aromatic N) is 2. The summed E-state index contributed by atoms with van der Waals surface area (Å²) in [6.07, 6.45) is 13.6. The fraction of sp³-hybridized carbons (Fsp3) is 0.542. The monoisotopic (exact) mass is 694 g/mol. The summed E-state index contributed by atoms with van der Waals surface area (Å²) in [6.45, 7) is -0.377. The lowest BCUT2D eigenvalue weighted by atomic mass is 9.94. The molecular weight excluding hydrogens is 666 g/mol. The lowest BCUT2D eigenvalue weighted by molar-refractivity contribution is -0.139. The summed E-state index contributed by atoms with van der Waals surface area (Å²) >= 11 is 5.82. The van der Waals surface area contributed by atoms with Gasteiger partial charge in [0.25, 0.3) is 5.91 Å². The van der Waals surface area contributed by atoms with Crippen molar-refractivity contribution in [3.05, 3.63) is 29.7 Å². The molecule has 1 aliphatic heterocycles. The first-order chi connectivity index (χ1) is 15.9. The van der Waals surface area contributed by atoms with Crippen LogP contribution in [0.2, 0.25) is 0 Å². The quantitative estimate of drug-likeness (QED) is 0.280. The number of thioether (sulfide) groups is 1. The first-order valence-corrected chi connectivity index (χ1v) is 14.5. The van der Waals surface area contributed by atoms with E-state index in [1.807, 2.05) is 23.1 Å². The Morgan fingerprint density at radius 3 is 2.30 bits per heavy atom. The highest BCUT2D eigenvalue weighted by Gasteiger charge is 2.39. The van der Waals surface area contributed by atoms with Crippen LogP contribution < -0.4 is 4.74 Å². The number of amidine groups is 1. The van der Waals surface area contributed by atoms with E-state index in [9.17, 15) is 9.59 Å². The lowest BCUT2D eigenvalue weighted by Gasteiger charge is -2.31. The lowest BCUT2D eigenvalue weighted by Crippen LogP contribution is -2.41. The van der Waals surface area contributed by atoms with Crippen LogP contribution in [0.25, 0.3) is 6.08 Å². The number of carboxylic acids is 1. The van der Waals surface area contributed by atoms with Crippen LogP contribution in [0.1, 0.15) is 69.8 Å². The van der Waals surface area contributed by atoms with Gasteiger partial charge in [-0.3, -0.25) is 14.7 Å². The largest absolute Gasteiger partial charge is 0.480 e. The van der Waals surface area contributed by atoms with Crippen molar-refractivity contribution >= 4 is 80.1 Å². The van der Waals surface area contributed by atoms with Crippen LogP contribution in [0, 0.1) is 7.14 Å². The molecule has 0 bridgehead atoms. The third-order valence-corrected chi connectivity index (χ3v) is 8.90. The van der Waals surface area contributed by atoms with Gasteiger partial charge in [0.1, 0.15) is 5.75 Å². The minimum absolute atomic E-state index is 0.0673. The molecule has 0 atom stereocenters. The molecule has 1 N–H and O–H groups in total. The number of hydrogen-bond donors (Lipinski definition) is 1. The Kier molecular flexibility index (Phi) is 8.99. The van der Waals surface area contributed by atoms with Crippen LogP contribution in [0.3, 0.4) is 0 Å². The van der Waals surface area contributed by atoms with Gasteiger partial charge in [0, 0.05) is 6.04 Å². The van der Waals surface area contributed by atoms with Crippen molar-refractivity contribution in [3.63, 3.8) is 0 Å². The summed E-state index contributed by atoms with van der Waals surface area (Å²) in [5, 5.41) is 9.79. The van der Waals surface area contributed by atoms with E-state index in [1.54, 1.807) is 0 Å². The van der Waals surface area contributed by atoms with Gasteiger partial charge in [-0.15, -0.1) is 0 Å². The summed E-state index contributed by atoms with van der Waals surface area (Å²) in [7, 11) is 0. The van der Waals surface area contributed by atoms with Crippen molar-refractivity contribution in [1.82, 2.24) is 4.90 Å². The molecule has 0 unspecified atom stereocenters. The topological polar surface area (TPSA) is 79.2 Å². The number of ether oxygens (including phenoxy) is 1. The Morgan fingerprint density at radius 1 is 1.09 bits per heavy atom. The second kappa shape index (κ2) is 11.7. The molecule has 0 radical (unpaired) electrons.